The number of hydrogen-bond acceptors (Lipinski definition) is 3. The Hall–Kier alpha value is -2.34. The molecule has 1 unspecified atom stereocenters. The molecule has 0 aromatic heterocycles. The van der Waals surface area contributed by atoms with Crippen molar-refractivity contribution in [2.75, 3.05) is 13.1 Å². The van der Waals surface area contributed by atoms with Crippen molar-refractivity contribution in [1.82, 2.24) is 15.1 Å². The van der Waals surface area contributed by atoms with E-state index in [2.05, 4.69) is 17.2 Å². The number of nitrogens with zero attached hydrogens (tertiary/aromatic N) is 2. The number of ether oxygens (including phenoxy) is 1. The first kappa shape index (κ1) is 19.0. The molecule has 2 heterocycles. The van der Waals surface area contributed by atoms with Gasteiger partial charge in [0.2, 0.25) is 0 Å². The van der Waals surface area contributed by atoms with Crippen molar-refractivity contribution in [3.05, 3.63) is 0 Å². The molecule has 25 heavy (non-hydrogen) atoms. The molecular formula is C19H27N3O3. The highest BCUT2D eigenvalue weighted by atomic mass is 16.6. The van der Waals surface area contributed by atoms with Crippen LogP contribution >= 0.6 is 0 Å². The highest BCUT2D eigenvalue weighted by Crippen LogP contribution is 2.36. The number of rotatable bonds is 3. The van der Waals surface area contributed by atoms with Gasteiger partial charge in [-0.25, -0.2) is 9.59 Å². The Bertz CT molecular complexity index is 567. The van der Waals surface area contributed by atoms with E-state index < -0.39 is 5.60 Å². The summed E-state index contributed by atoms with van der Waals surface area (Å²) in [5.41, 5.74) is -0.507. The molecule has 0 radical (unpaired) electrons. The Morgan fingerprint density at radius 3 is 2.12 bits per heavy atom. The highest BCUT2D eigenvalue weighted by molar-refractivity contribution is 5.75. The first-order chi connectivity index (χ1) is 11.7. The second-order valence-electron chi connectivity index (χ2n) is 7.65. The van der Waals surface area contributed by atoms with Gasteiger partial charge in [-0.3, -0.25) is 0 Å². The third-order valence-electron chi connectivity index (χ3n) is 4.52. The van der Waals surface area contributed by atoms with E-state index in [1.165, 1.54) is 4.90 Å². The second-order valence-corrected chi connectivity index (χ2v) is 7.65. The van der Waals surface area contributed by atoms with Gasteiger partial charge in [0.25, 0.3) is 0 Å². The van der Waals surface area contributed by atoms with Gasteiger partial charge in [0, 0.05) is 18.1 Å². The molecule has 136 valence electrons. The maximum Gasteiger partial charge on any atom is 0.410 e. The minimum absolute atomic E-state index is 0.0155. The lowest BCUT2D eigenvalue weighted by Crippen LogP contribution is -2.55. The van der Waals surface area contributed by atoms with Crippen LogP contribution < -0.4 is 5.32 Å². The monoisotopic (exact) mass is 345 g/mol. The van der Waals surface area contributed by atoms with Crippen LogP contribution in [0.1, 0.15) is 46.5 Å². The van der Waals surface area contributed by atoms with Crippen LogP contribution in [0.5, 0.6) is 0 Å². The SMILES string of the molecule is C#CCN(CC#C)C(=O)NC1C[C@H]2CC[C@@H](C1)N2C(=O)OC(C)(C)C. The Morgan fingerprint density at radius 2 is 1.68 bits per heavy atom. The van der Waals surface area contributed by atoms with E-state index >= 15 is 0 Å². The van der Waals surface area contributed by atoms with Gasteiger partial charge in [-0.2, -0.15) is 0 Å². The predicted octanol–water partition coefficient (Wildman–Crippen LogP) is 2.19. The van der Waals surface area contributed by atoms with E-state index in [9.17, 15) is 9.59 Å². The van der Waals surface area contributed by atoms with E-state index in [-0.39, 0.29) is 43.3 Å². The van der Waals surface area contributed by atoms with Gasteiger partial charge in [0.1, 0.15) is 5.60 Å². The third-order valence-corrected chi connectivity index (χ3v) is 4.52. The minimum Gasteiger partial charge on any atom is -0.444 e. The summed E-state index contributed by atoms with van der Waals surface area (Å²) in [6.45, 7) is 5.96. The average molecular weight is 345 g/mol. The van der Waals surface area contributed by atoms with Crippen LogP contribution in [0.4, 0.5) is 9.59 Å². The van der Waals surface area contributed by atoms with Crippen molar-refractivity contribution < 1.29 is 14.3 Å². The fraction of sp³-hybridized carbons (Fsp3) is 0.684. The van der Waals surface area contributed by atoms with E-state index in [0.717, 1.165) is 25.7 Å². The lowest BCUT2D eigenvalue weighted by molar-refractivity contribution is 0.00512. The van der Waals surface area contributed by atoms with E-state index in [4.69, 9.17) is 17.6 Å². The zero-order valence-corrected chi connectivity index (χ0v) is 15.2. The third kappa shape index (κ3) is 4.82. The molecule has 2 fully saturated rings. The average Bonchev–Trinajstić information content (AvgIpc) is 2.77. The molecule has 2 saturated heterocycles. The lowest BCUT2D eigenvalue weighted by atomic mass is 9.98. The standard InChI is InChI=1S/C19H27N3O3/c1-6-10-21(11-7-2)17(23)20-14-12-15-8-9-16(13-14)22(15)18(24)25-19(3,4)5/h1-2,14-16H,8-13H2,3-5H3,(H,20,23)/t14?,15-,16+. The predicted molar refractivity (Wildman–Crippen MR) is 95.7 cm³/mol. The zero-order chi connectivity index (χ0) is 18.6. The van der Waals surface area contributed by atoms with Gasteiger partial charge in [-0.15, -0.1) is 12.8 Å². The fourth-order valence-corrected chi connectivity index (χ4v) is 3.59. The molecule has 2 aliphatic heterocycles. The molecule has 0 aromatic rings. The molecule has 2 bridgehead atoms. The van der Waals surface area contributed by atoms with Crippen molar-refractivity contribution in [1.29, 1.82) is 0 Å². The van der Waals surface area contributed by atoms with Crippen LogP contribution in [0.15, 0.2) is 0 Å². The van der Waals surface area contributed by atoms with Crippen LogP contribution in [0.25, 0.3) is 0 Å². The van der Waals surface area contributed by atoms with Crippen molar-refractivity contribution in [3.8, 4) is 24.7 Å². The minimum atomic E-state index is -0.507. The number of carbonyl (C=O) groups excluding carboxylic acids is 2. The number of fused-ring (bicyclic) bond motifs is 2. The van der Waals surface area contributed by atoms with Crippen LogP contribution in [-0.2, 0) is 4.74 Å². The van der Waals surface area contributed by atoms with E-state index in [0.29, 0.717) is 0 Å². The Kier molecular flexibility index (Phi) is 5.85. The van der Waals surface area contributed by atoms with E-state index in [1.807, 2.05) is 25.7 Å². The van der Waals surface area contributed by atoms with Gasteiger partial charge in [0.05, 0.1) is 13.1 Å². The van der Waals surface area contributed by atoms with Gasteiger partial charge >= 0.3 is 12.1 Å². The molecule has 0 saturated carbocycles. The van der Waals surface area contributed by atoms with Gasteiger partial charge in [-0.1, -0.05) is 11.8 Å². The molecule has 0 aliphatic carbocycles. The molecule has 0 spiro atoms. The number of terminal acetylenes is 2. The molecule has 3 atom stereocenters. The summed E-state index contributed by atoms with van der Waals surface area (Å²) in [7, 11) is 0. The van der Waals surface area contributed by atoms with Crippen LogP contribution in [-0.4, -0.2) is 58.7 Å². The van der Waals surface area contributed by atoms with Gasteiger partial charge in [-0.05, 0) is 46.5 Å². The number of hydrogen-bond donors (Lipinski definition) is 1. The van der Waals surface area contributed by atoms with Crippen LogP contribution in [0.3, 0.4) is 0 Å². The van der Waals surface area contributed by atoms with Crippen molar-refractivity contribution >= 4 is 12.1 Å². The summed E-state index contributed by atoms with van der Waals surface area (Å²) in [5.74, 6) is 4.89. The fourth-order valence-electron chi connectivity index (χ4n) is 3.59. The molecule has 6 heteroatoms. The number of piperidine rings is 1. The molecular weight excluding hydrogens is 318 g/mol. The van der Waals surface area contributed by atoms with Crippen molar-refractivity contribution in [3.63, 3.8) is 0 Å². The summed E-state index contributed by atoms with van der Waals surface area (Å²) in [6, 6.07) is -0.0204. The van der Waals surface area contributed by atoms with Gasteiger partial charge in [0.15, 0.2) is 0 Å². The maximum absolute atomic E-state index is 12.4. The number of urea groups is 1. The molecule has 1 N–H and O–H groups in total. The number of amides is 3. The molecule has 0 aromatic carbocycles. The van der Waals surface area contributed by atoms with Gasteiger partial charge < -0.3 is 19.9 Å². The van der Waals surface area contributed by atoms with Crippen molar-refractivity contribution in [2.24, 2.45) is 0 Å². The summed E-state index contributed by atoms with van der Waals surface area (Å²) in [6.07, 6.45) is 13.6. The molecule has 2 rings (SSSR count). The normalized spacial score (nSPS) is 24.8. The molecule has 2 aliphatic rings. The highest BCUT2D eigenvalue weighted by Gasteiger charge is 2.45. The van der Waals surface area contributed by atoms with Crippen molar-refractivity contribution in [2.45, 2.75) is 70.2 Å². The maximum atomic E-state index is 12.4. The largest absolute Gasteiger partial charge is 0.444 e. The summed E-state index contributed by atoms with van der Waals surface area (Å²) in [5, 5.41) is 3.01. The second kappa shape index (κ2) is 7.70. The number of carbonyl (C=O) groups is 2. The molecule has 6 nitrogen and oxygen atoms in total. The number of nitrogens with one attached hydrogen (secondary N) is 1. The Balaban J connectivity index is 1.95. The summed E-state index contributed by atoms with van der Waals surface area (Å²) < 4.78 is 5.52. The Morgan fingerprint density at radius 1 is 1.16 bits per heavy atom. The lowest BCUT2D eigenvalue weighted by Gasteiger charge is -2.40. The summed E-state index contributed by atoms with van der Waals surface area (Å²) >= 11 is 0. The summed E-state index contributed by atoms with van der Waals surface area (Å²) in [4.78, 5) is 28.1. The topological polar surface area (TPSA) is 61.9 Å². The quantitative estimate of drug-likeness (QED) is 0.798. The first-order valence-electron chi connectivity index (χ1n) is 8.69. The van der Waals surface area contributed by atoms with Crippen LogP contribution in [0, 0.1) is 24.7 Å². The zero-order valence-electron chi connectivity index (χ0n) is 15.2. The van der Waals surface area contributed by atoms with Crippen LogP contribution in [0.2, 0.25) is 0 Å². The molecule has 3 amide bonds. The Labute approximate surface area is 150 Å². The smallest absolute Gasteiger partial charge is 0.410 e. The van der Waals surface area contributed by atoms with E-state index in [1.54, 1.807) is 0 Å². The first-order valence-corrected chi connectivity index (χ1v) is 8.69.